The van der Waals surface area contributed by atoms with Gasteiger partial charge in [0.25, 0.3) is 0 Å². The maximum Gasteiger partial charge on any atom is 0.220 e. The first-order valence-corrected chi connectivity index (χ1v) is 9.34. The fraction of sp³-hybridized carbons (Fsp3) is 0.476. The van der Waals surface area contributed by atoms with Crippen molar-refractivity contribution < 1.29 is 9.21 Å². The van der Waals surface area contributed by atoms with Gasteiger partial charge < -0.3 is 9.73 Å². The lowest BCUT2D eigenvalue weighted by molar-refractivity contribution is -0.121. The van der Waals surface area contributed by atoms with Crippen LogP contribution in [-0.4, -0.2) is 30.4 Å². The highest BCUT2D eigenvalue weighted by Crippen LogP contribution is 2.35. The molecule has 2 atom stereocenters. The lowest BCUT2D eigenvalue weighted by Gasteiger charge is -2.28. The Labute approximate surface area is 150 Å². The number of amides is 1. The maximum atomic E-state index is 12.5. The maximum absolute atomic E-state index is 12.5. The van der Waals surface area contributed by atoms with Crippen LogP contribution < -0.4 is 5.32 Å². The Kier molecular flexibility index (Phi) is 5.92. The van der Waals surface area contributed by atoms with E-state index in [-0.39, 0.29) is 11.9 Å². The van der Waals surface area contributed by atoms with E-state index in [0.717, 1.165) is 31.7 Å². The molecule has 0 aliphatic heterocycles. The number of aryl methyl sites for hydroxylation is 1. The highest BCUT2D eigenvalue weighted by molar-refractivity contribution is 5.77. The van der Waals surface area contributed by atoms with Crippen molar-refractivity contribution in [1.29, 1.82) is 0 Å². The lowest BCUT2D eigenvalue weighted by atomic mass is 9.97. The Bertz CT molecular complexity index is 677. The molecular weight excluding hydrogens is 312 g/mol. The Balaban J connectivity index is 1.59. The van der Waals surface area contributed by atoms with E-state index in [1.54, 1.807) is 6.26 Å². The van der Waals surface area contributed by atoms with Crippen LogP contribution in [0.3, 0.4) is 0 Å². The third-order valence-electron chi connectivity index (χ3n) is 5.31. The van der Waals surface area contributed by atoms with Crippen molar-refractivity contribution in [2.24, 2.45) is 0 Å². The summed E-state index contributed by atoms with van der Waals surface area (Å²) in [5.41, 5.74) is 2.75. The average Bonchev–Trinajstić information content (AvgIpc) is 3.29. The van der Waals surface area contributed by atoms with Gasteiger partial charge in [0, 0.05) is 13.0 Å². The van der Waals surface area contributed by atoms with Crippen molar-refractivity contribution in [1.82, 2.24) is 10.2 Å². The minimum absolute atomic E-state index is 0.0878. The van der Waals surface area contributed by atoms with E-state index in [2.05, 4.69) is 48.3 Å². The Morgan fingerprint density at radius 2 is 2.04 bits per heavy atom. The molecule has 0 radical (unpaired) electrons. The van der Waals surface area contributed by atoms with Gasteiger partial charge in [-0.15, -0.1) is 0 Å². The zero-order valence-corrected chi connectivity index (χ0v) is 15.2. The summed E-state index contributed by atoms with van der Waals surface area (Å²) in [7, 11) is 0. The molecule has 4 nitrogen and oxygen atoms in total. The molecule has 0 spiro atoms. The molecule has 1 aromatic carbocycles. The molecule has 1 amide bonds. The van der Waals surface area contributed by atoms with Gasteiger partial charge in [0.05, 0.1) is 12.3 Å². The third kappa shape index (κ3) is 4.13. The van der Waals surface area contributed by atoms with Crippen LogP contribution in [0.5, 0.6) is 0 Å². The smallest absolute Gasteiger partial charge is 0.220 e. The van der Waals surface area contributed by atoms with Crippen LogP contribution in [0, 0.1) is 0 Å². The zero-order valence-electron chi connectivity index (χ0n) is 15.2. The molecule has 3 rings (SSSR count). The van der Waals surface area contributed by atoms with Crippen molar-refractivity contribution in [3.05, 3.63) is 59.5 Å². The lowest BCUT2D eigenvalue weighted by Crippen LogP contribution is -2.38. The number of benzene rings is 1. The van der Waals surface area contributed by atoms with Gasteiger partial charge in [-0.25, -0.2) is 0 Å². The molecular formula is C21H28N2O2. The number of rotatable bonds is 8. The van der Waals surface area contributed by atoms with E-state index in [4.69, 9.17) is 4.42 Å². The summed E-state index contributed by atoms with van der Waals surface area (Å²) < 4.78 is 5.60. The fourth-order valence-corrected chi connectivity index (χ4v) is 3.92. The van der Waals surface area contributed by atoms with Gasteiger partial charge in [0.1, 0.15) is 5.76 Å². The fourth-order valence-electron chi connectivity index (χ4n) is 3.92. The number of hydrogen-bond donors (Lipinski definition) is 1. The van der Waals surface area contributed by atoms with Gasteiger partial charge in [-0.1, -0.05) is 38.1 Å². The van der Waals surface area contributed by atoms with Gasteiger partial charge in [-0.2, -0.15) is 0 Å². The molecule has 0 saturated carbocycles. The first-order valence-electron chi connectivity index (χ1n) is 9.34. The standard InChI is InChI=1S/C21H28N2O2/c1-3-23(4-2)19(20-10-7-13-25-20)15-22-21(24)14-17-12-11-16-8-5-6-9-18(16)17/h5-10,13,17,19H,3-4,11-12,14-15H2,1-2H3,(H,22,24). The highest BCUT2D eigenvalue weighted by atomic mass is 16.3. The van der Waals surface area contributed by atoms with E-state index in [9.17, 15) is 4.79 Å². The highest BCUT2D eigenvalue weighted by Gasteiger charge is 2.25. The van der Waals surface area contributed by atoms with Crippen molar-refractivity contribution in [2.45, 2.75) is 45.1 Å². The quantitative estimate of drug-likeness (QED) is 0.793. The summed E-state index contributed by atoms with van der Waals surface area (Å²) in [6.45, 7) is 6.71. The van der Waals surface area contributed by atoms with Crippen LogP contribution in [0.25, 0.3) is 0 Å². The van der Waals surface area contributed by atoms with Crippen molar-refractivity contribution in [3.63, 3.8) is 0 Å². The number of nitrogens with zero attached hydrogens (tertiary/aromatic N) is 1. The van der Waals surface area contributed by atoms with Crippen LogP contribution in [0.15, 0.2) is 47.1 Å². The van der Waals surface area contributed by atoms with Crippen molar-refractivity contribution in [3.8, 4) is 0 Å². The number of carbonyl (C=O) groups is 1. The van der Waals surface area contributed by atoms with E-state index in [1.807, 2.05) is 12.1 Å². The molecule has 2 unspecified atom stereocenters. The first-order chi connectivity index (χ1) is 12.2. The van der Waals surface area contributed by atoms with Crippen molar-refractivity contribution in [2.75, 3.05) is 19.6 Å². The molecule has 25 heavy (non-hydrogen) atoms. The second-order valence-electron chi connectivity index (χ2n) is 6.70. The van der Waals surface area contributed by atoms with Crippen LogP contribution in [0.1, 0.15) is 55.5 Å². The summed E-state index contributed by atoms with van der Waals surface area (Å²) >= 11 is 0. The molecule has 1 aliphatic rings. The molecule has 1 aromatic heterocycles. The largest absolute Gasteiger partial charge is 0.468 e. The third-order valence-corrected chi connectivity index (χ3v) is 5.31. The number of nitrogens with one attached hydrogen (secondary N) is 1. The summed E-state index contributed by atoms with van der Waals surface area (Å²) in [4.78, 5) is 14.8. The summed E-state index contributed by atoms with van der Waals surface area (Å²) in [5, 5.41) is 3.14. The topological polar surface area (TPSA) is 45.5 Å². The van der Waals surface area contributed by atoms with Gasteiger partial charge in [-0.3, -0.25) is 9.69 Å². The molecule has 134 valence electrons. The number of hydrogen-bond acceptors (Lipinski definition) is 3. The number of furan rings is 1. The molecule has 0 bridgehead atoms. The molecule has 1 N–H and O–H groups in total. The number of fused-ring (bicyclic) bond motifs is 1. The Morgan fingerprint density at radius 3 is 2.76 bits per heavy atom. The summed E-state index contributed by atoms with van der Waals surface area (Å²) in [5.74, 6) is 1.40. The number of carbonyl (C=O) groups excluding carboxylic acids is 1. The number of likely N-dealkylation sites (N-methyl/N-ethyl adjacent to an activating group) is 1. The average molecular weight is 340 g/mol. The van der Waals surface area contributed by atoms with Gasteiger partial charge in [0.15, 0.2) is 0 Å². The first kappa shape index (κ1) is 17.7. The van der Waals surface area contributed by atoms with E-state index >= 15 is 0 Å². The SMILES string of the molecule is CCN(CC)C(CNC(=O)CC1CCc2ccccc21)c1ccco1. The zero-order chi connectivity index (χ0) is 17.6. The van der Waals surface area contributed by atoms with Gasteiger partial charge in [0.2, 0.25) is 5.91 Å². The summed E-state index contributed by atoms with van der Waals surface area (Å²) in [6.07, 6.45) is 4.43. The molecule has 4 heteroatoms. The molecule has 1 aliphatic carbocycles. The summed E-state index contributed by atoms with van der Waals surface area (Å²) in [6, 6.07) is 12.5. The van der Waals surface area contributed by atoms with Crippen LogP contribution in [0.2, 0.25) is 0 Å². The second kappa shape index (κ2) is 8.34. The Hall–Kier alpha value is -2.07. The molecule has 0 saturated heterocycles. The molecule has 2 aromatic rings. The minimum Gasteiger partial charge on any atom is -0.468 e. The monoisotopic (exact) mass is 340 g/mol. The minimum atomic E-state index is 0.0878. The molecule has 0 fully saturated rings. The normalized spacial score (nSPS) is 17.5. The van der Waals surface area contributed by atoms with Crippen LogP contribution in [-0.2, 0) is 11.2 Å². The predicted molar refractivity (Wildman–Crippen MR) is 99.5 cm³/mol. The van der Waals surface area contributed by atoms with Crippen LogP contribution in [0.4, 0.5) is 0 Å². The Morgan fingerprint density at radius 1 is 1.24 bits per heavy atom. The van der Waals surface area contributed by atoms with E-state index in [1.165, 1.54) is 11.1 Å². The van der Waals surface area contributed by atoms with E-state index < -0.39 is 0 Å². The van der Waals surface area contributed by atoms with Crippen LogP contribution >= 0.6 is 0 Å². The van der Waals surface area contributed by atoms with E-state index in [0.29, 0.717) is 18.9 Å². The predicted octanol–water partition coefficient (Wildman–Crippen LogP) is 3.90. The molecule has 1 heterocycles. The second-order valence-corrected chi connectivity index (χ2v) is 6.70. The van der Waals surface area contributed by atoms with Gasteiger partial charge in [-0.05, 0) is 55.1 Å². The van der Waals surface area contributed by atoms with Crippen molar-refractivity contribution >= 4 is 5.91 Å². The van der Waals surface area contributed by atoms with Gasteiger partial charge >= 0.3 is 0 Å².